The van der Waals surface area contributed by atoms with Crippen LogP contribution in [0.2, 0.25) is 0 Å². The summed E-state index contributed by atoms with van der Waals surface area (Å²) in [4.78, 5) is 15.2. The van der Waals surface area contributed by atoms with Crippen LogP contribution in [0.3, 0.4) is 0 Å². The van der Waals surface area contributed by atoms with Gasteiger partial charge in [-0.3, -0.25) is 4.90 Å². The normalized spacial score (nSPS) is 24.3. The maximum absolute atomic E-state index is 13.5. The van der Waals surface area contributed by atoms with Crippen molar-refractivity contribution in [3.63, 3.8) is 0 Å². The van der Waals surface area contributed by atoms with E-state index in [2.05, 4.69) is 6.92 Å². The van der Waals surface area contributed by atoms with Crippen molar-refractivity contribution in [2.24, 2.45) is 0 Å². The van der Waals surface area contributed by atoms with E-state index < -0.39 is 54.9 Å². The number of aliphatic hydroxyl groups is 3. The molecule has 2 fully saturated rings. The van der Waals surface area contributed by atoms with Crippen LogP contribution in [0.15, 0.2) is 91.0 Å². The van der Waals surface area contributed by atoms with Crippen LogP contribution in [0.5, 0.6) is 0 Å². The van der Waals surface area contributed by atoms with E-state index in [0.717, 1.165) is 36.0 Å². The molecule has 2 unspecified atom stereocenters. The number of amides is 1. The van der Waals surface area contributed by atoms with Crippen LogP contribution < -0.4 is 0 Å². The summed E-state index contributed by atoms with van der Waals surface area (Å²) in [6, 6.07) is 29.0. The lowest BCUT2D eigenvalue weighted by Gasteiger charge is -2.44. The molecule has 2 heterocycles. The SMILES string of the molecule is CCCCCCCCCCCCCC[C@@H](O)[C@H]1OC(=O)N(Cc2ccccc2)[C@H]1CC[C@H]1OC(CO)[C@H](O)[C@H](OCc2ccccc2)C1OCc1ccccc1. The molecule has 0 spiro atoms. The molecule has 0 radical (unpaired) electrons. The average molecular weight is 774 g/mol. The van der Waals surface area contributed by atoms with E-state index in [9.17, 15) is 20.1 Å². The molecule has 0 bridgehead atoms. The Kier molecular flexibility index (Phi) is 19.1. The predicted molar refractivity (Wildman–Crippen MR) is 219 cm³/mol. The highest BCUT2D eigenvalue weighted by atomic mass is 16.6. The number of hydrogen-bond acceptors (Lipinski definition) is 8. The number of aliphatic hydroxyl groups excluding tert-OH is 3. The summed E-state index contributed by atoms with van der Waals surface area (Å²) >= 11 is 0. The highest BCUT2D eigenvalue weighted by Gasteiger charge is 2.49. The molecule has 2 aliphatic heterocycles. The number of ether oxygens (including phenoxy) is 4. The Bertz CT molecular complexity index is 1480. The topological polar surface area (TPSA) is 118 Å². The summed E-state index contributed by atoms with van der Waals surface area (Å²) in [7, 11) is 0. The van der Waals surface area contributed by atoms with Crippen LogP contribution in [0.4, 0.5) is 4.79 Å². The third-order valence-corrected chi connectivity index (χ3v) is 11.4. The maximum Gasteiger partial charge on any atom is 0.410 e. The molecule has 8 atom stereocenters. The maximum atomic E-state index is 13.5. The molecular formula is C47H67NO8. The molecule has 0 saturated carbocycles. The fourth-order valence-electron chi connectivity index (χ4n) is 8.20. The van der Waals surface area contributed by atoms with Crippen molar-refractivity contribution >= 4 is 6.09 Å². The molecular weight excluding hydrogens is 707 g/mol. The standard InChI is InChI=1S/C47H67NO8/c1-2-3-4-5-6-7-8-9-10-11-12-22-29-40(50)44-39(48(47(52)56-44)32-36-23-16-13-17-24-36)30-31-41-45(53-34-37-25-18-14-19-26-37)46(43(51)42(33-49)55-41)54-35-38-27-20-15-21-28-38/h13-21,23-28,39-46,49-51H,2-12,22,29-35H2,1H3/t39-,40+,41+,42?,43-,44-,45?,46-/m0/s1. The zero-order chi connectivity index (χ0) is 39.4. The van der Waals surface area contributed by atoms with Crippen molar-refractivity contribution in [3.8, 4) is 0 Å². The fraction of sp³-hybridized carbons (Fsp3) is 0.596. The van der Waals surface area contributed by atoms with Gasteiger partial charge < -0.3 is 34.3 Å². The smallest absolute Gasteiger partial charge is 0.410 e. The van der Waals surface area contributed by atoms with Crippen molar-refractivity contribution in [2.75, 3.05) is 6.61 Å². The Labute approximate surface area is 335 Å². The minimum atomic E-state index is -1.13. The first-order valence-corrected chi connectivity index (χ1v) is 21.4. The summed E-state index contributed by atoms with van der Waals surface area (Å²) in [5.41, 5.74) is 2.89. The molecule has 3 aromatic rings. The summed E-state index contributed by atoms with van der Waals surface area (Å²) in [5.74, 6) is 0. The minimum absolute atomic E-state index is 0.252. The van der Waals surface area contributed by atoms with Gasteiger partial charge in [0.15, 0.2) is 0 Å². The first-order valence-electron chi connectivity index (χ1n) is 21.4. The Morgan fingerprint density at radius 1 is 0.661 bits per heavy atom. The Balaban J connectivity index is 1.24. The second kappa shape index (κ2) is 24.5. The van der Waals surface area contributed by atoms with Crippen molar-refractivity contribution in [3.05, 3.63) is 108 Å². The van der Waals surface area contributed by atoms with E-state index >= 15 is 0 Å². The van der Waals surface area contributed by atoms with Gasteiger partial charge in [-0.2, -0.15) is 0 Å². The first-order chi connectivity index (χ1) is 27.5. The zero-order valence-corrected chi connectivity index (χ0v) is 33.5. The lowest BCUT2D eigenvalue weighted by atomic mass is 9.89. The Morgan fingerprint density at radius 2 is 1.16 bits per heavy atom. The summed E-state index contributed by atoms with van der Waals surface area (Å²) in [5, 5.41) is 33.3. The Morgan fingerprint density at radius 3 is 1.70 bits per heavy atom. The van der Waals surface area contributed by atoms with Gasteiger partial charge in [0.1, 0.15) is 30.5 Å². The second-order valence-corrected chi connectivity index (χ2v) is 15.8. The van der Waals surface area contributed by atoms with Gasteiger partial charge in [0, 0.05) is 6.54 Å². The molecule has 2 aliphatic rings. The third-order valence-electron chi connectivity index (χ3n) is 11.4. The molecule has 5 rings (SSSR count). The monoisotopic (exact) mass is 773 g/mol. The van der Waals surface area contributed by atoms with E-state index in [1.807, 2.05) is 91.0 Å². The van der Waals surface area contributed by atoms with Crippen LogP contribution in [0.25, 0.3) is 0 Å². The molecule has 9 heteroatoms. The molecule has 1 amide bonds. The molecule has 3 aromatic carbocycles. The highest BCUT2D eigenvalue weighted by molar-refractivity contribution is 5.71. The molecule has 0 aliphatic carbocycles. The van der Waals surface area contributed by atoms with Gasteiger partial charge in [0.05, 0.1) is 38.1 Å². The van der Waals surface area contributed by atoms with Gasteiger partial charge in [-0.15, -0.1) is 0 Å². The number of rotatable bonds is 26. The van der Waals surface area contributed by atoms with Crippen LogP contribution >= 0.6 is 0 Å². The predicted octanol–water partition coefficient (Wildman–Crippen LogP) is 8.90. The van der Waals surface area contributed by atoms with Crippen LogP contribution in [0, 0.1) is 0 Å². The summed E-state index contributed by atoms with van der Waals surface area (Å²) < 4.78 is 25.3. The van der Waals surface area contributed by atoms with E-state index in [-0.39, 0.29) is 19.8 Å². The van der Waals surface area contributed by atoms with Gasteiger partial charge in [-0.05, 0) is 36.0 Å². The van der Waals surface area contributed by atoms with Crippen LogP contribution in [-0.2, 0) is 38.7 Å². The third kappa shape index (κ3) is 13.7. The van der Waals surface area contributed by atoms with E-state index in [4.69, 9.17) is 18.9 Å². The lowest BCUT2D eigenvalue weighted by Crippen LogP contribution is -2.60. The quantitative estimate of drug-likeness (QED) is 0.0693. The molecule has 2 saturated heterocycles. The van der Waals surface area contributed by atoms with Gasteiger partial charge in [0.2, 0.25) is 0 Å². The number of carbonyl (C=O) groups is 1. The van der Waals surface area contributed by atoms with Crippen molar-refractivity contribution < 1.29 is 39.1 Å². The van der Waals surface area contributed by atoms with Crippen molar-refractivity contribution in [1.29, 1.82) is 0 Å². The van der Waals surface area contributed by atoms with Gasteiger partial charge in [0.25, 0.3) is 0 Å². The first kappa shape index (κ1) is 43.8. The number of unbranched alkanes of at least 4 members (excludes halogenated alkanes) is 11. The molecule has 308 valence electrons. The summed E-state index contributed by atoms with van der Waals surface area (Å²) in [6.07, 6.45) is 10.3. The van der Waals surface area contributed by atoms with Crippen molar-refractivity contribution in [2.45, 2.75) is 172 Å². The molecule has 9 nitrogen and oxygen atoms in total. The Hall–Kier alpha value is -3.31. The zero-order valence-electron chi connectivity index (χ0n) is 33.5. The fourth-order valence-corrected chi connectivity index (χ4v) is 8.20. The number of nitrogens with zero attached hydrogens (tertiary/aromatic N) is 1. The number of cyclic esters (lactones) is 1. The van der Waals surface area contributed by atoms with Gasteiger partial charge in [-0.1, -0.05) is 175 Å². The summed E-state index contributed by atoms with van der Waals surface area (Å²) in [6.45, 7) is 2.75. The van der Waals surface area contributed by atoms with E-state index in [0.29, 0.717) is 25.8 Å². The number of carbonyl (C=O) groups excluding carboxylic acids is 1. The lowest BCUT2D eigenvalue weighted by molar-refractivity contribution is -0.259. The second-order valence-electron chi connectivity index (χ2n) is 15.8. The molecule has 0 aromatic heterocycles. The van der Waals surface area contributed by atoms with E-state index in [1.165, 1.54) is 57.8 Å². The van der Waals surface area contributed by atoms with E-state index in [1.54, 1.807) is 4.90 Å². The van der Waals surface area contributed by atoms with Crippen LogP contribution in [-0.4, -0.2) is 81.7 Å². The minimum Gasteiger partial charge on any atom is -0.441 e. The molecule has 3 N–H and O–H groups in total. The van der Waals surface area contributed by atoms with Gasteiger partial charge >= 0.3 is 6.09 Å². The largest absolute Gasteiger partial charge is 0.441 e. The number of hydrogen-bond donors (Lipinski definition) is 3. The molecule has 56 heavy (non-hydrogen) atoms. The average Bonchev–Trinajstić information content (AvgIpc) is 3.54. The van der Waals surface area contributed by atoms with Crippen LogP contribution in [0.1, 0.15) is 120 Å². The van der Waals surface area contributed by atoms with Gasteiger partial charge in [-0.25, -0.2) is 4.79 Å². The number of benzene rings is 3. The highest BCUT2D eigenvalue weighted by Crippen LogP contribution is 2.34. The van der Waals surface area contributed by atoms with Crippen molar-refractivity contribution in [1.82, 2.24) is 4.90 Å².